The molecule has 0 aromatic rings. The largest absolute Gasteiger partial charge is 0.466 e. The number of unbranched alkanes of at least 4 members (excludes halogenated alkanes) is 56. The average Bonchev–Trinajstić information content (AvgIpc) is 3.46. The molecule has 80 heavy (non-hydrogen) atoms. The van der Waals surface area contributed by atoms with Crippen molar-refractivity contribution in [2.24, 2.45) is 0 Å². The zero-order chi connectivity index (χ0) is 57.8. The first-order valence-corrected chi connectivity index (χ1v) is 36.6. The number of rotatable bonds is 69. The number of aliphatic hydroxyl groups excluding tert-OH is 2. The first-order chi connectivity index (χ1) is 39.5. The Balaban J connectivity index is 3.33. The fourth-order valence-corrected chi connectivity index (χ4v) is 11.6. The van der Waals surface area contributed by atoms with Crippen LogP contribution in [-0.4, -0.2) is 47.4 Å². The Morgan fingerprint density at radius 2 is 0.588 bits per heavy atom. The highest BCUT2D eigenvalue weighted by atomic mass is 16.5. The van der Waals surface area contributed by atoms with Crippen molar-refractivity contribution in [3.8, 4) is 0 Å². The monoisotopic (exact) mass is 1130 g/mol. The van der Waals surface area contributed by atoms with Gasteiger partial charge in [-0.2, -0.15) is 0 Å². The van der Waals surface area contributed by atoms with E-state index in [1.54, 1.807) is 6.08 Å². The summed E-state index contributed by atoms with van der Waals surface area (Å²) in [5.74, 6) is -0.0466. The standard InChI is InChI=1S/C74H143NO5/c1-3-5-7-9-11-13-15-17-19-40-44-48-52-56-60-64-68-74(79)80-69-65-61-57-53-49-45-41-37-35-33-31-29-27-25-23-21-20-22-24-26-28-30-32-34-36-39-43-47-51-55-59-63-67-73(78)75-71(70-76)72(77)66-62-58-54-50-46-42-38-18-16-14-12-10-8-6-4-2/h19,40,62,66,71-72,76-77H,3-18,20-39,41-61,63-65,67-70H2,1-2H3,(H,75,78)/b40-19-,66-62+. The maximum atomic E-state index is 12.5. The third-order valence-corrected chi connectivity index (χ3v) is 17.2. The van der Waals surface area contributed by atoms with Gasteiger partial charge >= 0.3 is 5.97 Å². The van der Waals surface area contributed by atoms with Crippen LogP contribution in [0.3, 0.4) is 0 Å². The average molecular weight is 1130 g/mol. The Labute approximate surface area is 501 Å². The summed E-state index contributed by atoms with van der Waals surface area (Å²) in [5, 5.41) is 23.2. The Hall–Kier alpha value is -1.66. The number of carbonyl (C=O) groups is 2. The lowest BCUT2D eigenvalue weighted by Gasteiger charge is -2.20. The van der Waals surface area contributed by atoms with Gasteiger partial charge < -0.3 is 20.3 Å². The Morgan fingerprint density at radius 1 is 0.338 bits per heavy atom. The van der Waals surface area contributed by atoms with Gasteiger partial charge in [-0.1, -0.05) is 366 Å². The minimum absolute atomic E-state index is 0.0142. The van der Waals surface area contributed by atoms with Crippen molar-refractivity contribution in [2.75, 3.05) is 13.2 Å². The van der Waals surface area contributed by atoms with Crippen LogP contribution in [0.4, 0.5) is 0 Å². The van der Waals surface area contributed by atoms with E-state index in [9.17, 15) is 19.8 Å². The predicted octanol–water partition coefficient (Wildman–Crippen LogP) is 23.7. The fourth-order valence-electron chi connectivity index (χ4n) is 11.6. The van der Waals surface area contributed by atoms with E-state index in [0.29, 0.717) is 19.4 Å². The van der Waals surface area contributed by atoms with Gasteiger partial charge in [0.05, 0.1) is 25.4 Å². The molecule has 0 radical (unpaired) electrons. The number of hydrogen-bond donors (Lipinski definition) is 3. The summed E-state index contributed by atoms with van der Waals surface area (Å²) in [6.45, 7) is 4.93. The highest BCUT2D eigenvalue weighted by Crippen LogP contribution is 2.19. The van der Waals surface area contributed by atoms with Gasteiger partial charge in [0.1, 0.15) is 0 Å². The second-order valence-corrected chi connectivity index (χ2v) is 25.3. The Morgan fingerprint density at radius 3 is 0.887 bits per heavy atom. The zero-order valence-corrected chi connectivity index (χ0v) is 54.3. The quantitative estimate of drug-likeness (QED) is 0.0320. The van der Waals surface area contributed by atoms with Gasteiger partial charge in [0, 0.05) is 12.8 Å². The molecule has 474 valence electrons. The van der Waals surface area contributed by atoms with E-state index in [-0.39, 0.29) is 18.5 Å². The van der Waals surface area contributed by atoms with Crippen LogP contribution in [0.25, 0.3) is 0 Å². The van der Waals surface area contributed by atoms with Crippen LogP contribution in [0, 0.1) is 0 Å². The molecule has 2 atom stereocenters. The molecule has 0 heterocycles. The lowest BCUT2D eigenvalue weighted by atomic mass is 10.0. The number of allylic oxidation sites excluding steroid dienone is 3. The van der Waals surface area contributed by atoms with Crippen LogP contribution in [-0.2, 0) is 14.3 Å². The molecule has 1 amide bonds. The second-order valence-electron chi connectivity index (χ2n) is 25.3. The molecule has 0 fully saturated rings. The first-order valence-electron chi connectivity index (χ1n) is 36.6. The first kappa shape index (κ1) is 78.3. The molecule has 0 aliphatic rings. The lowest BCUT2D eigenvalue weighted by Crippen LogP contribution is -2.45. The van der Waals surface area contributed by atoms with Crippen LogP contribution in [0.15, 0.2) is 24.3 Å². The van der Waals surface area contributed by atoms with E-state index in [0.717, 1.165) is 44.9 Å². The molecule has 2 unspecified atom stereocenters. The highest BCUT2D eigenvalue weighted by molar-refractivity contribution is 5.76. The molecule has 3 N–H and O–H groups in total. The Kier molecular flexibility index (Phi) is 68.4. The molecule has 0 aliphatic carbocycles. The van der Waals surface area contributed by atoms with E-state index in [1.807, 2.05) is 6.08 Å². The minimum atomic E-state index is -0.841. The lowest BCUT2D eigenvalue weighted by molar-refractivity contribution is -0.143. The van der Waals surface area contributed by atoms with Crippen molar-refractivity contribution in [2.45, 2.75) is 424 Å². The minimum Gasteiger partial charge on any atom is -0.466 e. The number of carbonyl (C=O) groups excluding carboxylic acids is 2. The van der Waals surface area contributed by atoms with Crippen molar-refractivity contribution >= 4 is 11.9 Å². The molecule has 6 heteroatoms. The van der Waals surface area contributed by atoms with E-state index >= 15 is 0 Å². The molecule has 0 spiro atoms. The van der Waals surface area contributed by atoms with E-state index in [1.165, 1.54) is 340 Å². The molecule has 0 saturated heterocycles. The van der Waals surface area contributed by atoms with E-state index in [2.05, 4.69) is 31.3 Å². The number of ether oxygens (including phenoxy) is 1. The summed E-state index contributed by atoms with van der Waals surface area (Å²) in [4.78, 5) is 24.6. The molecule has 0 rings (SSSR count). The van der Waals surface area contributed by atoms with Crippen LogP contribution >= 0.6 is 0 Å². The number of amides is 1. The normalized spacial score (nSPS) is 12.6. The third-order valence-electron chi connectivity index (χ3n) is 17.2. The molecule has 0 bridgehead atoms. The summed E-state index contributed by atoms with van der Waals surface area (Å²) in [7, 11) is 0. The van der Waals surface area contributed by atoms with E-state index < -0.39 is 12.1 Å². The summed E-state index contributed by atoms with van der Waals surface area (Å²) in [5.41, 5.74) is 0. The van der Waals surface area contributed by atoms with Gasteiger partial charge in [0.25, 0.3) is 0 Å². The molecular weight excluding hydrogens is 983 g/mol. The van der Waals surface area contributed by atoms with Crippen LogP contribution in [0.5, 0.6) is 0 Å². The predicted molar refractivity (Wildman–Crippen MR) is 352 cm³/mol. The van der Waals surface area contributed by atoms with E-state index in [4.69, 9.17) is 4.74 Å². The van der Waals surface area contributed by atoms with Crippen molar-refractivity contribution in [1.82, 2.24) is 5.32 Å². The van der Waals surface area contributed by atoms with Gasteiger partial charge in [-0.3, -0.25) is 9.59 Å². The number of esters is 1. The van der Waals surface area contributed by atoms with Crippen molar-refractivity contribution in [3.05, 3.63) is 24.3 Å². The topological polar surface area (TPSA) is 95.9 Å². The number of aliphatic hydroxyl groups is 2. The van der Waals surface area contributed by atoms with Gasteiger partial charge in [-0.25, -0.2) is 0 Å². The summed E-state index contributed by atoms with van der Waals surface area (Å²) in [6, 6.07) is -0.624. The van der Waals surface area contributed by atoms with Crippen molar-refractivity contribution in [3.63, 3.8) is 0 Å². The van der Waals surface area contributed by atoms with Crippen LogP contribution in [0.1, 0.15) is 412 Å². The van der Waals surface area contributed by atoms with Gasteiger partial charge in [-0.05, 0) is 57.8 Å². The molecule has 6 nitrogen and oxygen atoms in total. The van der Waals surface area contributed by atoms with Crippen LogP contribution < -0.4 is 5.32 Å². The van der Waals surface area contributed by atoms with Crippen LogP contribution in [0.2, 0.25) is 0 Å². The smallest absolute Gasteiger partial charge is 0.305 e. The second kappa shape index (κ2) is 69.8. The van der Waals surface area contributed by atoms with Crippen molar-refractivity contribution in [1.29, 1.82) is 0 Å². The molecular formula is C74H143NO5. The molecule has 0 aliphatic heterocycles. The number of nitrogens with one attached hydrogen (secondary N) is 1. The molecule has 0 saturated carbocycles. The van der Waals surface area contributed by atoms with Gasteiger partial charge in [-0.15, -0.1) is 0 Å². The zero-order valence-electron chi connectivity index (χ0n) is 54.3. The summed E-state index contributed by atoms with van der Waals surface area (Å²) < 4.78 is 5.50. The SMILES string of the molecule is CCCCCCCCC/C=C\CCCCCCCC(=O)OCCCCCCCCCCCCCCCCCCCCCCCCCCCCCCCCCCC(=O)NC(CO)C(O)/C=C/CCCCCCCCCCCCCCC. The molecule has 0 aromatic heterocycles. The maximum absolute atomic E-state index is 12.5. The van der Waals surface area contributed by atoms with Gasteiger partial charge in [0.2, 0.25) is 5.91 Å². The summed E-state index contributed by atoms with van der Waals surface area (Å²) >= 11 is 0. The highest BCUT2D eigenvalue weighted by Gasteiger charge is 2.18. The summed E-state index contributed by atoms with van der Waals surface area (Å²) in [6.07, 6.45) is 88.5. The fraction of sp³-hybridized carbons (Fsp3) is 0.919. The maximum Gasteiger partial charge on any atom is 0.305 e. The Bertz CT molecular complexity index is 1250. The van der Waals surface area contributed by atoms with Crippen molar-refractivity contribution < 1.29 is 24.5 Å². The van der Waals surface area contributed by atoms with Gasteiger partial charge in [0.15, 0.2) is 0 Å². The molecule has 0 aromatic carbocycles. The third kappa shape index (κ3) is 65.5. The number of hydrogen-bond acceptors (Lipinski definition) is 5.